The highest BCUT2D eigenvalue weighted by Gasteiger charge is 2.53. The van der Waals surface area contributed by atoms with Crippen LogP contribution in [0.4, 0.5) is 0 Å². The zero-order chi connectivity index (χ0) is 14.0. The van der Waals surface area contributed by atoms with Gasteiger partial charge in [0.15, 0.2) is 5.54 Å². The lowest BCUT2D eigenvalue weighted by molar-refractivity contribution is -0.140. The fourth-order valence-corrected chi connectivity index (χ4v) is 2.71. The normalized spacial score (nSPS) is 27.6. The molecule has 4 nitrogen and oxygen atoms in total. The lowest BCUT2D eigenvalue weighted by Gasteiger charge is -2.35. The van der Waals surface area contributed by atoms with Crippen molar-refractivity contribution in [2.45, 2.75) is 38.8 Å². The number of esters is 1. The molecular weight excluding hydrogens is 262 g/mol. The first kappa shape index (κ1) is 13.8. The quantitative estimate of drug-likeness (QED) is 0.584. The van der Waals surface area contributed by atoms with E-state index in [4.69, 9.17) is 21.7 Å². The Kier molecular flexibility index (Phi) is 3.75. The number of hydrogen-bond donors (Lipinski definition) is 1. The van der Waals surface area contributed by atoms with E-state index in [9.17, 15) is 4.79 Å². The molecule has 19 heavy (non-hydrogen) atoms. The van der Waals surface area contributed by atoms with Gasteiger partial charge in [-0.05, 0) is 25.2 Å². The summed E-state index contributed by atoms with van der Waals surface area (Å²) in [4.78, 5) is 12.0. The number of fused-ring (bicyclic) bond motifs is 2. The first-order valence-corrected chi connectivity index (χ1v) is 6.83. The van der Waals surface area contributed by atoms with Crippen LogP contribution in [-0.2, 0) is 15.1 Å². The maximum Gasteiger partial charge on any atom is 0.344 e. The Morgan fingerprint density at radius 1 is 1.37 bits per heavy atom. The predicted octanol–water partition coefficient (Wildman–Crippen LogP) is 2.51. The SMILES string of the molecule is CC.CC1CC2(NC(=S)OC2=O)c2ccccc2O1. The molecule has 5 heteroatoms. The minimum Gasteiger partial charge on any atom is -0.490 e. The summed E-state index contributed by atoms with van der Waals surface area (Å²) in [6.07, 6.45) is 0.453. The zero-order valence-corrected chi connectivity index (χ0v) is 12.0. The molecule has 1 aromatic carbocycles. The third-order valence-corrected chi connectivity index (χ3v) is 3.30. The van der Waals surface area contributed by atoms with Gasteiger partial charge in [-0.15, -0.1) is 0 Å². The molecule has 0 radical (unpaired) electrons. The van der Waals surface area contributed by atoms with Gasteiger partial charge in [-0.25, -0.2) is 4.79 Å². The van der Waals surface area contributed by atoms with Crippen LogP contribution in [0.25, 0.3) is 0 Å². The van der Waals surface area contributed by atoms with Crippen molar-refractivity contribution in [3.05, 3.63) is 29.8 Å². The van der Waals surface area contributed by atoms with E-state index in [1.165, 1.54) is 0 Å². The second-order valence-corrected chi connectivity index (χ2v) is 4.71. The Hall–Kier alpha value is -1.62. The van der Waals surface area contributed by atoms with Crippen molar-refractivity contribution in [2.24, 2.45) is 0 Å². The Bertz CT molecular complexity index is 517. The maximum absolute atomic E-state index is 12.0. The average Bonchev–Trinajstić information content (AvgIpc) is 2.67. The molecule has 0 amide bonds. The number of rotatable bonds is 0. The second-order valence-electron chi connectivity index (χ2n) is 4.34. The van der Waals surface area contributed by atoms with Gasteiger partial charge >= 0.3 is 5.97 Å². The van der Waals surface area contributed by atoms with E-state index >= 15 is 0 Å². The molecule has 2 unspecified atom stereocenters. The minimum atomic E-state index is -0.870. The van der Waals surface area contributed by atoms with E-state index in [0.717, 1.165) is 5.56 Å². The van der Waals surface area contributed by atoms with Gasteiger partial charge in [-0.2, -0.15) is 0 Å². The summed E-state index contributed by atoms with van der Waals surface area (Å²) in [6.45, 7) is 5.92. The number of para-hydroxylation sites is 1. The van der Waals surface area contributed by atoms with Crippen LogP contribution in [-0.4, -0.2) is 17.2 Å². The van der Waals surface area contributed by atoms with Crippen molar-refractivity contribution < 1.29 is 14.3 Å². The van der Waals surface area contributed by atoms with E-state index in [1.54, 1.807) is 0 Å². The van der Waals surface area contributed by atoms with E-state index in [0.29, 0.717) is 12.2 Å². The standard InChI is InChI=1S/C12H11NO3S.C2H6/c1-7-6-12(10(14)16-11(17)13-12)8-4-2-3-5-9(8)15-7;1-2/h2-5,7H,6H2,1H3,(H,13,17);1-2H3. The summed E-state index contributed by atoms with van der Waals surface area (Å²) < 4.78 is 10.7. The molecule has 0 bridgehead atoms. The molecular formula is C14H17NO3S. The number of cyclic esters (lactones) is 1. The summed E-state index contributed by atoms with van der Waals surface area (Å²) in [7, 11) is 0. The topological polar surface area (TPSA) is 47.6 Å². The molecule has 2 atom stereocenters. The van der Waals surface area contributed by atoms with Gasteiger partial charge in [0.05, 0.1) is 6.10 Å². The van der Waals surface area contributed by atoms with Crippen molar-refractivity contribution in [1.29, 1.82) is 0 Å². The largest absolute Gasteiger partial charge is 0.490 e. The van der Waals surface area contributed by atoms with E-state index in [2.05, 4.69) is 5.32 Å². The lowest BCUT2D eigenvalue weighted by atomic mass is 9.83. The van der Waals surface area contributed by atoms with Crippen molar-refractivity contribution in [3.8, 4) is 5.75 Å². The van der Waals surface area contributed by atoms with Gasteiger partial charge in [-0.3, -0.25) is 0 Å². The van der Waals surface area contributed by atoms with E-state index < -0.39 is 5.54 Å². The number of benzene rings is 1. The number of carbonyl (C=O) groups excluding carboxylic acids is 1. The average molecular weight is 279 g/mol. The third kappa shape index (κ3) is 2.18. The molecule has 1 spiro atoms. The van der Waals surface area contributed by atoms with Gasteiger partial charge in [0.2, 0.25) is 0 Å². The van der Waals surface area contributed by atoms with E-state index in [1.807, 2.05) is 45.0 Å². The number of carbonyl (C=O) groups is 1. The highest BCUT2D eigenvalue weighted by molar-refractivity contribution is 7.80. The number of ether oxygens (including phenoxy) is 2. The number of nitrogens with one attached hydrogen (secondary N) is 1. The van der Waals surface area contributed by atoms with Crippen LogP contribution in [0.3, 0.4) is 0 Å². The summed E-state index contributed by atoms with van der Waals surface area (Å²) in [5.41, 5.74) is -0.0753. The molecule has 0 aromatic heterocycles. The highest BCUT2D eigenvalue weighted by atomic mass is 32.1. The Morgan fingerprint density at radius 3 is 2.68 bits per heavy atom. The van der Waals surface area contributed by atoms with Crippen molar-refractivity contribution in [3.63, 3.8) is 0 Å². The lowest BCUT2D eigenvalue weighted by Crippen LogP contribution is -2.49. The molecule has 2 heterocycles. The molecule has 2 aliphatic rings. The van der Waals surface area contributed by atoms with Crippen molar-refractivity contribution >= 4 is 23.4 Å². The monoisotopic (exact) mass is 279 g/mol. The fraction of sp³-hybridized carbons (Fsp3) is 0.429. The molecule has 1 aromatic rings. The fourth-order valence-electron chi connectivity index (χ4n) is 2.46. The Morgan fingerprint density at radius 2 is 2.05 bits per heavy atom. The summed E-state index contributed by atoms with van der Waals surface area (Å²) in [6, 6.07) is 7.46. The van der Waals surface area contributed by atoms with Gasteiger partial charge in [0.25, 0.3) is 5.17 Å². The van der Waals surface area contributed by atoms with Crippen molar-refractivity contribution in [2.75, 3.05) is 0 Å². The van der Waals surface area contributed by atoms with Crippen LogP contribution in [0.1, 0.15) is 32.8 Å². The van der Waals surface area contributed by atoms with Crippen LogP contribution in [0.2, 0.25) is 0 Å². The number of thiocarbonyl (C=S) groups is 1. The molecule has 1 saturated heterocycles. The molecule has 0 aliphatic carbocycles. The second kappa shape index (κ2) is 5.17. The smallest absolute Gasteiger partial charge is 0.344 e. The van der Waals surface area contributed by atoms with Crippen LogP contribution >= 0.6 is 12.2 Å². The molecule has 1 N–H and O–H groups in total. The first-order chi connectivity index (χ1) is 9.12. The van der Waals surface area contributed by atoms with Crippen molar-refractivity contribution in [1.82, 2.24) is 5.32 Å². The molecule has 0 saturated carbocycles. The highest BCUT2D eigenvalue weighted by Crippen LogP contribution is 2.42. The van der Waals surface area contributed by atoms with Gasteiger partial charge in [0.1, 0.15) is 5.75 Å². The Balaban J connectivity index is 0.000000637. The van der Waals surface area contributed by atoms with Crippen LogP contribution < -0.4 is 10.1 Å². The van der Waals surface area contributed by atoms with Gasteiger partial charge in [0, 0.05) is 12.0 Å². The number of hydrogen-bond acceptors (Lipinski definition) is 4. The summed E-state index contributed by atoms with van der Waals surface area (Å²) in [5.74, 6) is 0.366. The maximum atomic E-state index is 12.0. The van der Waals surface area contributed by atoms with Crippen LogP contribution in [0.15, 0.2) is 24.3 Å². The Labute approximate surface area is 118 Å². The molecule has 102 valence electrons. The molecule has 2 aliphatic heterocycles. The minimum absolute atomic E-state index is 0.0640. The first-order valence-electron chi connectivity index (χ1n) is 6.42. The van der Waals surface area contributed by atoms with Crippen LogP contribution in [0.5, 0.6) is 5.75 Å². The van der Waals surface area contributed by atoms with Crippen LogP contribution in [0, 0.1) is 0 Å². The van der Waals surface area contributed by atoms with Gasteiger partial charge in [-0.1, -0.05) is 32.0 Å². The third-order valence-electron chi connectivity index (χ3n) is 3.12. The van der Waals surface area contributed by atoms with Gasteiger partial charge < -0.3 is 14.8 Å². The van der Waals surface area contributed by atoms with E-state index in [-0.39, 0.29) is 17.2 Å². The molecule has 3 rings (SSSR count). The zero-order valence-electron chi connectivity index (χ0n) is 11.2. The summed E-state index contributed by atoms with van der Waals surface area (Å²) in [5, 5.41) is 3.12. The predicted molar refractivity (Wildman–Crippen MR) is 76.0 cm³/mol. The molecule has 1 fully saturated rings. The summed E-state index contributed by atoms with van der Waals surface area (Å²) >= 11 is 4.92.